The Hall–Kier alpha value is -8.08. The van der Waals surface area contributed by atoms with E-state index in [9.17, 15) is 0 Å². The predicted octanol–water partition coefficient (Wildman–Crippen LogP) is 16.0. The lowest BCUT2D eigenvalue weighted by molar-refractivity contribution is 0.600. The molecule has 9 aromatic carbocycles. The van der Waals surface area contributed by atoms with E-state index in [0.29, 0.717) is 21.5 Å². The second kappa shape index (κ2) is 13.0. The van der Waals surface area contributed by atoms with Crippen LogP contribution in [0.4, 0.5) is 0 Å². The summed E-state index contributed by atoms with van der Waals surface area (Å²) in [6.07, 6.45) is 0. The molecule has 0 bridgehead atoms. The number of para-hydroxylation sites is 2. The van der Waals surface area contributed by atoms with E-state index in [1.807, 2.05) is 0 Å². The highest BCUT2D eigenvalue weighted by molar-refractivity contribution is 6.22. The van der Waals surface area contributed by atoms with Crippen molar-refractivity contribution in [1.29, 1.82) is 0 Å². The Labute approximate surface area is 404 Å². The lowest BCUT2D eigenvalue weighted by atomic mass is 9.80. The first-order valence-corrected chi connectivity index (χ1v) is 24.7. The molecule has 0 saturated heterocycles. The highest BCUT2D eigenvalue weighted by Gasteiger charge is 2.37. The van der Waals surface area contributed by atoms with Gasteiger partial charge in [-0.1, -0.05) is 158 Å². The van der Waals surface area contributed by atoms with Gasteiger partial charge in [-0.3, -0.25) is 9.59 Å². The van der Waals surface area contributed by atoms with Crippen molar-refractivity contribution in [3.63, 3.8) is 0 Å². The van der Waals surface area contributed by atoms with Gasteiger partial charge in [0.2, 0.25) is 0 Å². The van der Waals surface area contributed by atoms with E-state index in [0.717, 1.165) is 82.5 Å². The van der Waals surface area contributed by atoms with Crippen molar-refractivity contribution in [1.82, 2.24) is 8.80 Å². The van der Waals surface area contributed by atoms with Gasteiger partial charge in [0.05, 0.1) is 43.9 Å². The Morgan fingerprint density at radius 3 is 1.19 bits per heavy atom. The number of rotatable bonds is 2. The zero-order chi connectivity index (χ0) is 47.5. The fourth-order valence-corrected chi connectivity index (χ4v) is 13.7. The van der Waals surface area contributed by atoms with Crippen LogP contribution < -0.4 is 10.9 Å². The van der Waals surface area contributed by atoms with E-state index >= 15 is 9.59 Å². The van der Waals surface area contributed by atoms with Crippen LogP contribution >= 0.6 is 0 Å². The molecule has 4 heterocycles. The minimum absolute atomic E-state index is 0.0475. The maximum Gasteiger partial charge on any atom is 0.197 e. The first-order chi connectivity index (χ1) is 33.7. The molecule has 4 aromatic heterocycles. The third-order valence-electron chi connectivity index (χ3n) is 16.8. The van der Waals surface area contributed by atoms with Crippen LogP contribution in [0.2, 0.25) is 0 Å². The Bertz CT molecular complexity index is 4380. The van der Waals surface area contributed by atoms with Crippen LogP contribution in [-0.4, -0.2) is 8.80 Å². The van der Waals surface area contributed by atoms with Crippen molar-refractivity contribution in [3.8, 4) is 44.5 Å². The van der Waals surface area contributed by atoms with E-state index in [-0.39, 0.29) is 21.7 Å². The predicted molar refractivity (Wildman–Crippen MR) is 293 cm³/mol. The molecule has 15 rings (SSSR count). The number of hydrogen-bond donors (Lipinski definition) is 0. The fraction of sp³-hybridized carbons (Fsp3) is 0.152. The van der Waals surface area contributed by atoms with Crippen LogP contribution in [0.25, 0.3) is 121 Å². The Kier molecular flexibility index (Phi) is 7.38. The van der Waals surface area contributed by atoms with E-state index in [2.05, 4.69) is 221 Å². The molecular weight excluding hydrogens is 853 g/mol. The summed E-state index contributed by atoms with van der Waals surface area (Å²) in [7, 11) is 0. The van der Waals surface area contributed by atoms with Crippen molar-refractivity contribution in [2.24, 2.45) is 0 Å². The van der Waals surface area contributed by atoms with Crippen LogP contribution in [0.5, 0.6) is 0 Å². The Morgan fingerprint density at radius 1 is 0.357 bits per heavy atom. The topological polar surface area (TPSA) is 43.0 Å². The van der Waals surface area contributed by atoms with E-state index in [1.54, 1.807) is 0 Å². The molecule has 0 spiro atoms. The summed E-state index contributed by atoms with van der Waals surface area (Å²) in [5, 5.41) is 6.77. The van der Waals surface area contributed by atoms with Crippen LogP contribution in [0.3, 0.4) is 0 Å². The van der Waals surface area contributed by atoms with Gasteiger partial charge in [0, 0.05) is 43.1 Å². The third kappa shape index (κ3) is 4.81. The zero-order valence-corrected chi connectivity index (χ0v) is 40.3. The first-order valence-electron chi connectivity index (χ1n) is 24.7. The quantitative estimate of drug-likeness (QED) is 0.162. The fourth-order valence-electron chi connectivity index (χ4n) is 13.7. The molecule has 70 heavy (non-hydrogen) atoms. The Balaban J connectivity index is 1.06. The molecule has 2 aliphatic rings. The standard InChI is InChI=1S/C66H48N2O2/c1-64(2,3)59-57-55(67-53-22-14-10-18-41(53)45-30-37(32-47(60(45)67)62(57)69)35-24-26-51-43(28-35)39-16-8-12-20-49(39)65(51,4)5)34-56-58(59)63(70)48-33-38(31-46-42-19-11-15-23-54(42)68(56)61(46)48)36-25-27-52-44(29-36)40-17-9-13-21-50(40)66(52,6)7/h8-34H,1-7H3. The summed E-state index contributed by atoms with van der Waals surface area (Å²) < 4.78 is 4.63. The second-order valence-corrected chi connectivity index (χ2v) is 22.4. The molecule has 2 aliphatic carbocycles. The maximum absolute atomic E-state index is 16.0. The van der Waals surface area contributed by atoms with Gasteiger partial charge in [0.1, 0.15) is 0 Å². The molecule has 0 atom stereocenters. The van der Waals surface area contributed by atoms with E-state index in [4.69, 9.17) is 0 Å². The maximum atomic E-state index is 16.0. The van der Waals surface area contributed by atoms with Gasteiger partial charge in [-0.15, -0.1) is 0 Å². The number of aromatic nitrogens is 2. The van der Waals surface area contributed by atoms with Gasteiger partial charge in [0.15, 0.2) is 10.9 Å². The molecule has 0 N–H and O–H groups in total. The average Bonchev–Trinajstić information content (AvgIpc) is 4.03. The normalized spacial score (nSPS) is 14.8. The summed E-state index contributed by atoms with van der Waals surface area (Å²) in [4.78, 5) is 32.0. The number of fused-ring (bicyclic) bond motifs is 16. The lowest BCUT2D eigenvalue weighted by Gasteiger charge is -2.25. The van der Waals surface area contributed by atoms with Gasteiger partial charge in [-0.05, 0) is 132 Å². The average molecular weight is 901 g/mol. The smallest absolute Gasteiger partial charge is 0.197 e. The number of pyridine rings is 2. The van der Waals surface area contributed by atoms with Gasteiger partial charge >= 0.3 is 0 Å². The van der Waals surface area contributed by atoms with Crippen molar-refractivity contribution in [2.45, 2.75) is 64.7 Å². The third-order valence-corrected chi connectivity index (χ3v) is 16.8. The van der Waals surface area contributed by atoms with Crippen molar-refractivity contribution in [2.75, 3.05) is 0 Å². The van der Waals surface area contributed by atoms with Crippen molar-refractivity contribution in [3.05, 3.63) is 212 Å². The minimum Gasteiger partial charge on any atom is -0.308 e. The molecule has 0 aliphatic heterocycles. The van der Waals surface area contributed by atoms with Gasteiger partial charge in [-0.2, -0.15) is 0 Å². The first kappa shape index (κ1) is 39.9. The highest BCUT2D eigenvalue weighted by atomic mass is 16.1. The molecule has 334 valence electrons. The Morgan fingerprint density at radius 2 is 0.743 bits per heavy atom. The lowest BCUT2D eigenvalue weighted by Crippen LogP contribution is -2.22. The van der Waals surface area contributed by atoms with Gasteiger partial charge in [0.25, 0.3) is 0 Å². The summed E-state index contributed by atoms with van der Waals surface area (Å²) >= 11 is 0. The zero-order valence-electron chi connectivity index (χ0n) is 40.3. The van der Waals surface area contributed by atoms with Crippen molar-refractivity contribution >= 4 is 76.2 Å². The van der Waals surface area contributed by atoms with Crippen LogP contribution in [-0.2, 0) is 16.2 Å². The molecule has 4 nitrogen and oxygen atoms in total. The SMILES string of the molecule is CC(C)(C)c1c2c(=O)c3cc(-c4ccc5c(c4)-c4ccccc4C5(C)C)cc4c5ccccc5n(c2cc2c1c(=O)c1cc(-c5ccc6c(c5)-c5ccccc5C6(C)C)cc5c6ccccc6n2c15)c34. The van der Waals surface area contributed by atoms with Crippen molar-refractivity contribution < 1.29 is 0 Å². The molecule has 0 fully saturated rings. The summed E-state index contributed by atoms with van der Waals surface area (Å²) in [5.74, 6) is 0. The van der Waals surface area contributed by atoms with Crippen LogP contribution in [0.15, 0.2) is 173 Å². The summed E-state index contributed by atoms with van der Waals surface area (Å²) in [5.41, 5.74) is 19.8. The highest BCUT2D eigenvalue weighted by Crippen LogP contribution is 2.52. The summed E-state index contributed by atoms with van der Waals surface area (Å²) in [6.45, 7) is 15.7. The largest absolute Gasteiger partial charge is 0.308 e. The minimum atomic E-state index is -0.602. The van der Waals surface area contributed by atoms with Crippen LogP contribution in [0, 0.1) is 0 Å². The second-order valence-electron chi connectivity index (χ2n) is 22.4. The molecular formula is C66H48N2O2. The molecule has 0 unspecified atom stereocenters. The van der Waals surface area contributed by atoms with Gasteiger partial charge < -0.3 is 8.80 Å². The number of benzene rings is 9. The monoisotopic (exact) mass is 900 g/mol. The molecule has 0 radical (unpaired) electrons. The van der Waals surface area contributed by atoms with E-state index in [1.165, 1.54) is 44.5 Å². The number of hydrogen-bond acceptors (Lipinski definition) is 2. The molecule has 13 aromatic rings. The summed E-state index contributed by atoms with van der Waals surface area (Å²) in [6, 6.07) is 59.2. The molecule has 0 saturated carbocycles. The van der Waals surface area contributed by atoms with Gasteiger partial charge in [-0.25, -0.2) is 0 Å². The molecule has 0 amide bonds. The van der Waals surface area contributed by atoms with Crippen LogP contribution in [0.1, 0.15) is 76.3 Å². The van der Waals surface area contributed by atoms with E-state index < -0.39 is 5.41 Å². The number of nitrogens with zero attached hydrogens (tertiary/aromatic N) is 2. The molecule has 4 heteroatoms.